The van der Waals surface area contributed by atoms with Gasteiger partial charge in [0, 0.05) is 12.5 Å². The molecule has 0 spiro atoms. The van der Waals surface area contributed by atoms with Crippen LogP contribution < -0.4 is 10.6 Å². The molecule has 3 N–H and O–H groups in total. The Kier molecular flexibility index (Phi) is 5.65. The summed E-state index contributed by atoms with van der Waals surface area (Å²) < 4.78 is 0. The highest BCUT2D eigenvalue weighted by atomic mass is 32.2. The highest BCUT2D eigenvalue weighted by Crippen LogP contribution is 2.20. The van der Waals surface area contributed by atoms with Gasteiger partial charge >= 0.3 is 12.0 Å². The van der Waals surface area contributed by atoms with Crippen molar-refractivity contribution in [1.29, 1.82) is 0 Å². The van der Waals surface area contributed by atoms with Crippen molar-refractivity contribution in [2.75, 3.05) is 11.5 Å². The number of imide groups is 1. The highest BCUT2D eigenvalue weighted by molar-refractivity contribution is 7.99. The van der Waals surface area contributed by atoms with Crippen molar-refractivity contribution in [2.45, 2.75) is 39.2 Å². The minimum Gasteiger partial charge on any atom is -0.481 e. The number of hydrogen-bond donors (Lipinski definition) is 3. The molecule has 0 radical (unpaired) electrons. The molecule has 1 fully saturated rings. The zero-order valence-corrected chi connectivity index (χ0v) is 12.0. The fourth-order valence-electron chi connectivity index (χ4n) is 1.71. The molecule has 0 bridgehead atoms. The molecule has 6 nitrogen and oxygen atoms in total. The van der Waals surface area contributed by atoms with E-state index in [1.807, 2.05) is 11.8 Å². The van der Waals surface area contributed by atoms with Crippen LogP contribution >= 0.6 is 11.8 Å². The number of carboxylic acids is 1. The lowest BCUT2D eigenvalue weighted by Crippen LogP contribution is -2.46. The van der Waals surface area contributed by atoms with Crippen molar-refractivity contribution < 1.29 is 19.5 Å². The molecule has 1 saturated heterocycles. The van der Waals surface area contributed by atoms with Crippen LogP contribution in [0.4, 0.5) is 4.79 Å². The fraction of sp³-hybridized carbons (Fsp3) is 0.750. The van der Waals surface area contributed by atoms with Crippen molar-refractivity contribution >= 4 is 29.7 Å². The lowest BCUT2D eigenvalue weighted by atomic mass is 9.89. The Labute approximate surface area is 116 Å². The summed E-state index contributed by atoms with van der Waals surface area (Å²) in [6, 6.07) is -0.440. The van der Waals surface area contributed by atoms with Gasteiger partial charge in [-0.2, -0.15) is 11.8 Å². The number of nitrogens with one attached hydrogen (secondary N) is 2. The number of amides is 3. The Hall–Kier alpha value is -1.24. The lowest BCUT2D eigenvalue weighted by molar-refractivity contribution is -0.149. The van der Waals surface area contributed by atoms with Gasteiger partial charge in [-0.1, -0.05) is 0 Å². The van der Waals surface area contributed by atoms with E-state index in [9.17, 15) is 14.4 Å². The molecule has 19 heavy (non-hydrogen) atoms. The van der Waals surface area contributed by atoms with Gasteiger partial charge in [-0.25, -0.2) is 4.79 Å². The first-order valence-corrected chi connectivity index (χ1v) is 7.38. The predicted molar refractivity (Wildman–Crippen MR) is 73.1 cm³/mol. The van der Waals surface area contributed by atoms with Gasteiger partial charge in [0.25, 0.3) is 0 Å². The van der Waals surface area contributed by atoms with E-state index in [-0.39, 0.29) is 12.5 Å². The van der Waals surface area contributed by atoms with E-state index in [1.165, 1.54) is 13.8 Å². The zero-order chi connectivity index (χ0) is 14.5. The van der Waals surface area contributed by atoms with E-state index in [0.29, 0.717) is 0 Å². The molecule has 108 valence electrons. The molecule has 0 aromatic rings. The van der Waals surface area contributed by atoms with E-state index in [1.54, 1.807) is 0 Å². The predicted octanol–water partition coefficient (Wildman–Crippen LogP) is 1.21. The van der Waals surface area contributed by atoms with Gasteiger partial charge in [0.05, 0.1) is 5.41 Å². The summed E-state index contributed by atoms with van der Waals surface area (Å²) in [5.41, 5.74) is -1.17. The maximum atomic E-state index is 11.6. The van der Waals surface area contributed by atoms with Crippen LogP contribution in [0.5, 0.6) is 0 Å². The average Bonchev–Trinajstić information content (AvgIpc) is 2.28. The summed E-state index contributed by atoms with van der Waals surface area (Å²) in [7, 11) is 0. The minimum absolute atomic E-state index is 0.0986. The third-order valence-electron chi connectivity index (χ3n) is 2.99. The minimum atomic E-state index is -1.17. The smallest absolute Gasteiger partial charge is 0.321 e. The molecule has 1 aliphatic rings. The van der Waals surface area contributed by atoms with Crippen LogP contribution in [0.25, 0.3) is 0 Å². The second kappa shape index (κ2) is 6.79. The quantitative estimate of drug-likeness (QED) is 0.722. The topological polar surface area (TPSA) is 95.5 Å². The molecule has 0 aromatic heterocycles. The average molecular weight is 288 g/mol. The zero-order valence-electron chi connectivity index (χ0n) is 11.2. The van der Waals surface area contributed by atoms with Crippen LogP contribution in [0.2, 0.25) is 0 Å². The Balaban J connectivity index is 2.35. The largest absolute Gasteiger partial charge is 0.481 e. The number of urea groups is 1. The molecule has 7 heteroatoms. The summed E-state index contributed by atoms with van der Waals surface area (Å²) in [6.45, 7) is 2.90. The Morgan fingerprint density at radius 2 is 1.84 bits per heavy atom. The Morgan fingerprint density at radius 1 is 1.26 bits per heavy atom. The number of carboxylic acid groups (broad SMARTS) is 1. The van der Waals surface area contributed by atoms with Crippen molar-refractivity contribution in [3.63, 3.8) is 0 Å². The first kappa shape index (κ1) is 15.8. The summed E-state index contributed by atoms with van der Waals surface area (Å²) >= 11 is 1.85. The lowest BCUT2D eigenvalue weighted by Gasteiger charge is -2.23. The van der Waals surface area contributed by atoms with E-state index in [0.717, 1.165) is 24.3 Å². The van der Waals surface area contributed by atoms with Gasteiger partial charge in [-0.3, -0.25) is 14.9 Å². The van der Waals surface area contributed by atoms with Crippen molar-refractivity contribution in [1.82, 2.24) is 10.6 Å². The van der Waals surface area contributed by atoms with Gasteiger partial charge in [0.2, 0.25) is 5.91 Å². The SMILES string of the molecule is CC(C)(CC(=O)NC(=O)NC1CCSCC1)C(=O)O. The van der Waals surface area contributed by atoms with Crippen LogP contribution in [0, 0.1) is 5.41 Å². The first-order chi connectivity index (χ1) is 8.81. The molecule has 3 amide bonds. The summed E-state index contributed by atoms with van der Waals surface area (Å²) in [5.74, 6) is 0.373. The molecule has 0 aromatic carbocycles. The van der Waals surface area contributed by atoms with Gasteiger partial charge in [0.1, 0.15) is 0 Å². The fourth-order valence-corrected chi connectivity index (χ4v) is 2.82. The maximum absolute atomic E-state index is 11.6. The number of thioether (sulfide) groups is 1. The number of aliphatic carboxylic acids is 1. The van der Waals surface area contributed by atoms with Gasteiger partial charge in [0.15, 0.2) is 0 Å². The molecular formula is C12H20N2O4S. The van der Waals surface area contributed by atoms with Crippen molar-refractivity contribution in [3.8, 4) is 0 Å². The van der Waals surface area contributed by atoms with Crippen LogP contribution in [0.3, 0.4) is 0 Å². The van der Waals surface area contributed by atoms with E-state index in [4.69, 9.17) is 5.11 Å². The van der Waals surface area contributed by atoms with Crippen molar-refractivity contribution in [2.24, 2.45) is 5.41 Å². The second-order valence-corrected chi connectivity index (χ2v) is 6.50. The summed E-state index contributed by atoms with van der Waals surface area (Å²) in [5, 5.41) is 13.8. The second-order valence-electron chi connectivity index (χ2n) is 5.27. The molecule has 0 unspecified atom stereocenters. The molecule has 1 heterocycles. The van der Waals surface area contributed by atoms with E-state index >= 15 is 0 Å². The third-order valence-corrected chi connectivity index (χ3v) is 4.04. The summed E-state index contributed by atoms with van der Waals surface area (Å²) in [6.07, 6.45) is 1.57. The first-order valence-electron chi connectivity index (χ1n) is 6.23. The maximum Gasteiger partial charge on any atom is 0.321 e. The van der Waals surface area contributed by atoms with Gasteiger partial charge in [-0.15, -0.1) is 0 Å². The van der Waals surface area contributed by atoms with Crippen molar-refractivity contribution in [3.05, 3.63) is 0 Å². The van der Waals surface area contributed by atoms with E-state index < -0.39 is 23.3 Å². The number of hydrogen-bond acceptors (Lipinski definition) is 4. The summed E-state index contributed by atoms with van der Waals surface area (Å²) in [4.78, 5) is 34.0. The van der Waals surface area contributed by atoms with Gasteiger partial charge < -0.3 is 10.4 Å². The van der Waals surface area contributed by atoms with Crippen LogP contribution in [0.15, 0.2) is 0 Å². The number of rotatable bonds is 4. The Bertz CT molecular complexity index is 365. The number of carbonyl (C=O) groups excluding carboxylic acids is 2. The van der Waals surface area contributed by atoms with Crippen LogP contribution in [-0.4, -0.2) is 40.6 Å². The molecule has 0 saturated carbocycles. The monoisotopic (exact) mass is 288 g/mol. The molecule has 1 rings (SSSR count). The van der Waals surface area contributed by atoms with Gasteiger partial charge in [-0.05, 0) is 38.2 Å². The highest BCUT2D eigenvalue weighted by Gasteiger charge is 2.30. The third kappa shape index (κ3) is 5.50. The van der Waals surface area contributed by atoms with E-state index in [2.05, 4.69) is 10.6 Å². The Morgan fingerprint density at radius 3 is 2.37 bits per heavy atom. The standard InChI is InChI=1S/C12H20N2O4S/c1-12(2,10(16)17)7-9(15)14-11(18)13-8-3-5-19-6-4-8/h8H,3-7H2,1-2H3,(H,16,17)(H2,13,14,15,18). The number of carbonyl (C=O) groups is 3. The van der Waals surface area contributed by atoms with Crippen LogP contribution in [-0.2, 0) is 9.59 Å². The van der Waals surface area contributed by atoms with Crippen LogP contribution in [0.1, 0.15) is 33.1 Å². The normalized spacial score (nSPS) is 16.7. The molecular weight excluding hydrogens is 268 g/mol. The molecule has 0 aliphatic carbocycles. The molecule has 1 aliphatic heterocycles. The molecule has 0 atom stereocenters.